The lowest BCUT2D eigenvalue weighted by Gasteiger charge is -2.00. The Morgan fingerprint density at radius 2 is 2.15 bits per heavy atom. The van der Waals surface area contributed by atoms with Crippen LogP contribution in [0.2, 0.25) is 5.02 Å². The highest BCUT2D eigenvalue weighted by molar-refractivity contribution is 8.18. The molecule has 3 rings (SSSR count). The molecule has 0 saturated heterocycles. The van der Waals surface area contributed by atoms with Gasteiger partial charge in [0.15, 0.2) is 5.17 Å². The molecule has 1 aliphatic heterocycles. The Hall–Kier alpha value is -2.91. The predicted molar refractivity (Wildman–Crippen MR) is 97.6 cm³/mol. The maximum Gasteiger partial charge on any atom is 0.286 e. The van der Waals surface area contributed by atoms with Gasteiger partial charge in [-0.1, -0.05) is 11.6 Å². The monoisotopic (exact) mass is 391 g/mol. The summed E-state index contributed by atoms with van der Waals surface area (Å²) in [4.78, 5) is 37.1. The number of thioether (sulfide) groups is 1. The lowest BCUT2D eigenvalue weighted by molar-refractivity contribution is -0.384. The summed E-state index contributed by atoms with van der Waals surface area (Å²) in [6.07, 6.45) is 1.49. The van der Waals surface area contributed by atoms with E-state index in [4.69, 9.17) is 16.0 Å². The second-order valence-electron chi connectivity index (χ2n) is 5.14. The standard InChI is InChI=1S/C16H10ClN3O5S/c1-8(21)18-16-19-15(22)14(26-16)7-10-3-5-13(25-10)11-4-2-9(20(23)24)6-12(11)17/h2-7H,1H3,(H,18,19,21,22)/b14-7+. The molecule has 0 saturated carbocycles. The van der Waals surface area contributed by atoms with E-state index in [1.807, 2.05) is 0 Å². The third-order valence-electron chi connectivity index (χ3n) is 3.23. The van der Waals surface area contributed by atoms with Gasteiger partial charge in [-0.05, 0) is 30.0 Å². The number of hydrogen-bond donors (Lipinski definition) is 1. The van der Waals surface area contributed by atoms with Crippen LogP contribution in [0.25, 0.3) is 17.4 Å². The summed E-state index contributed by atoms with van der Waals surface area (Å²) in [7, 11) is 0. The molecule has 0 atom stereocenters. The van der Waals surface area contributed by atoms with Gasteiger partial charge in [0, 0.05) is 30.7 Å². The topological polar surface area (TPSA) is 115 Å². The number of amidine groups is 1. The number of nitro benzene ring substituents is 1. The maximum absolute atomic E-state index is 11.8. The summed E-state index contributed by atoms with van der Waals surface area (Å²) in [6.45, 7) is 1.32. The van der Waals surface area contributed by atoms with Crippen LogP contribution in [0.5, 0.6) is 0 Å². The molecule has 0 unspecified atom stereocenters. The molecule has 26 heavy (non-hydrogen) atoms. The van der Waals surface area contributed by atoms with Gasteiger partial charge >= 0.3 is 0 Å². The van der Waals surface area contributed by atoms with Crippen LogP contribution in [0.3, 0.4) is 0 Å². The van der Waals surface area contributed by atoms with Gasteiger partial charge in [0.1, 0.15) is 11.5 Å². The molecule has 0 fully saturated rings. The minimum absolute atomic E-state index is 0.122. The van der Waals surface area contributed by atoms with Crippen molar-refractivity contribution in [3.05, 3.63) is 56.1 Å². The number of halogens is 1. The summed E-state index contributed by atoms with van der Waals surface area (Å²) in [6, 6.07) is 7.32. The summed E-state index contributed by atoms with van der Waals surface area (Å²) in [5.74, 6) is -0.0248. The molecule has 1 aromatic heterocycles. The molecule has 1 aliphatic rings. The summed E-state index contributed by atoms with van der Waals surface area (Å²) >= 11 is 7.11. The van der Waals surface area contributed by atoms with Gasteiger partial charge in [0.05, 0.1) is 14.9 Å². The Morgan fingerprint density at radius 1 is 1.38 bits per heavy atom. The number of aliphatic imine (C=N–C) groups is 1. The minimum Gasteiger partial charge on any atom is -0.457 e. The highest BCUT2D eigenvalue weighted by Crippen LogP contribution is 2.34. The second kappa shape index (κ2) is 7.14. The fraction of sp³-hybridized carbons (Fsp3) is 0.0625. The van der Waals surface area contributed by atoms with Crippen molar-refractivity contribution in [1.82, 2.24) is 5.32 Å². The molecule has 0 radical (unpaired) electrons. The van der Waals surface area contributed by atoms with Gasteiger partial charge in [-0.2, -0.15) is 4.99 Å². The van der Waals surface area contributed by atoms with Crippen molar-refractivity contribution in [2.45, 2.75) is 6.92 Å². The summed E-state index contributed by atoms with van der Waals surface area (Å²) in [5, 5.41) is 13.6. The smallest absolute Gasteiger partial charge is 0.286 e. The van der Waals surface area contributed by atoms with E-state index in [2.05, 4.69) is 10.3 Å². The molecule has 10 heteroatoms. The summed E-state index contributed by atoms with van der Waals surface area (Å²) < 4.78 is 5.64. The number of carbonyl (C=O) groups is 2. The molecule has 1 N–H and O–H groups in total. The van der Waals surface area contributed by atoms with Gasteiger partial charge in [-0.3, -0.25) is 19.7 Å². The predicted octanol–water partition coefficient (Wildman–Crippen LogP) is 3.61. The van der Waals surface area contributed by atoms with Crippen molar-refractivity contribution in [2.24, 2.45) is 4.99 Å². The summed E-state index contributed by atoms with van der Waals surface area (Å²) in [5.41, 5.74) is 0.366. The van der Waals surface area contributed by atoms with Crippen LogP contribution in [0.15, 0.2) is 44.6 Å². The zero-order chi connectivity index (χ0) is 18.8. The molecular weight excluding hydrogens is 382 g/mol. The first kappa shape index (κ1) is 17.9. The highest BCUT2D eigenvalue weighted by Gasteiger charge is 2.23. The molecule has 132 valence electrons. The van der Waals surface area contributed by atoms with Crippen LogP contribution in [-0.4, -0.2) is 21.9 Å². The Morgan fingerprint density at radius 3 is 2.81 bits per heavy atom. The van der Waals surface area contributed by atoms with E-state index in [9.17, 15) is 19.7 Å². The zero-order valence-electron chi connectivity index (χ0n) is 13.2. The quantitative estimate of drug-likeness (QED) is 0.485. The third kappa shape index (κ3) is 3.84. The fourth-order valence-corrected chi connectivity index (χ4v) is 3.24. The Labute approximate surface area is 156 Å². The van der Waals surface area contributed by atoms with Crippen molar-refractivity contribution in [3.63, 3.8) is 0 Å². The number of non-ortho nitro benzene ring substituents is 1. The zero-order valence-corrected chi connectivity index (χ0v) is 14.8. The lowest BCUT2D eigenvalue weighted by atomic mass is 10.1. The van der Waals surface area contributed by atoms with Gasteiger partial charge < -0.3 is 9.73 Å². The number of carbonyl (C=O) groups excluding carboxylic acids is 2. The average Bonchev–Trinajstić information content (AvgIpc) is 3.14. The van der Waals surface area contributed by atoms with E-state index in [1.54, 1.807) is 12.1 Å². The normalized spacial score (nSPS) is 15.2. The third-order valence-corrected chi connectivity index (χ3v) is 4.44. The van der Waals surface area contributed by atoms with E-state index in [1.165, 1.54) is 31.2 Å². The van der Waals surface area contributed by atoms with Crippen molar-refractivity contribution in [1.29, 1.82) is 0 Å². The molecule has 2 aromatic rings. The first-order valence-corrected chi connectivity index (χ1v) is 8.37. The van der Waals surface area contributed by atoms with Crippen LogP contribution in [0.4, 0.5) is 5.69 Å². The number of nitrogens with one attached hydrogen (secondary N) is 1. The Bertz CT molecular complexity index is 996. The van der Waals surface area contributed by atoms with Gasteiger partial charge in [-0.15, -0.1) is 0 Å². The van der Waals surface area contributed by atoms with E-state index in [0.29, 0.717) is 22.0 Å². The number of nitro groups is 1. The number of furan rings is 1. The molecule has 1 aromatic carbocycles. The van der Waals surface area contributed by atoms with Crippen LogP contribution in [0, 0.1) is 10.1 Å². The SMILES string of the molecule is CC(=O)NC1=NC(=O)/C(=C\c2ccc(-c3ccc([N+](=O)[O-])cc3Cl)o2)S1. The van der Waals surface area contributed by atoms with Crippen LogP contribution >= 0.6 is 23.4 Å². The number of nitrogens with zero attached hydrogens (tertiary/aromatic N) is 2. The van der Waals surface area contributed by atoms with Crippen molar-refractivity contribution in [2.75, 3.05) is 0 Å². The largest absolute Gasteiger partial charge is 0.457 e. The van der Waals surface area contributed by atoms with Crippen molar-refractivity contribution >= 4 is 52.1 Å². The second-order valence-corrected chi connectivity index (χ2v) is 6.58. The molecule has 0 spiro atoms. The first-order valence-electron chi connectivity index (χ1n) is 7.18. The fourth-order valence-electron chi connectivity index (χ4n) is 2.13. The van der Waals surface area contributed by atoms with E-state index < -0.39 is 10.8 Å². The average molecular weight is 392 g/mol. The molecular formula is C16H10ClN3O5S. The minimum atomic E-state index is -0.538. The number of benzene rings is 1. The molecule has 0 aliphatic carbocycles. The number of amides is 2. The van der Waals surface area contributed by atoms with E-state index in [-0.39, 0.29) is 21.8 Å². The number of rotatable bonds is 3. The number of hydrogen-bond acceptors (Lipinski definition) is 6. The van der Waals surface area contributed by atoms with E-state index in [0.717, 1.165) is 11.8 Å². The van der Waals surface area contributed by atoms with E-state index >= 15 is 0 Å². The maximum atomic E-state index is 11.8. The van der Waals surface area contributed by atoms with Crippen LogP contribution in [-0.2, 0) is 9.59 Å². The van der Waals surface area contributed by atoms with Crippen molar-refractivity contribution in [3.8, 4) is 11.3 Å². The van der Waals surface area contributed by atoms with Gasteiger partial charge in [0.25, 0.3) is 11.6 Å². The molecule has 2 amide bonds. The Balaban J connectivity index is 1.82. The molecule has 0 bridgehead atoms. The first-order chi connectivity index (χ1) is 12.3. The van der Waals surface area contributed by atoms with Crippen molar-refractivity contribution < 1.29 is 18.9 Å². The Kier molecular flexibility index (Phi) is 4.92. The molecule has 8 nitrogen and oxygen atoms in total. The lowest BCUT2D eigenvalue weighted by Crippen LogP contribution is -2.23. The highest BCUT2D eigenvalue weighted by atomic mass is 35.5. The van der Waals surface area contributed by atoms with Crippen LogP contribution < -0.4 is 5.32 Å². The molecule has 2 heterocycles. The van der Waals surface area contributed by atoms with Gasteiger partial charge in [0.2, 0.25) is 5.91 Å². The van der Waals surface area contributed by atoms with Crippen LogP contribution in [0.1, 0.15) is 12.7 Å². The van der Waals surface area contributed by atoms with Gasteiger partial charge in [-0.25, -0.2) is 0 Å².